The predicted molar refractivity (Wildman–Crippen MR) is 88.2 cm³/mol. The predicted octanol–water partition coefficient (Wildman–Crippen LogP) is 5.08. The van der Waals surface area contributed by atoms with Gasteiger partial charge in [0.15, 0.2) is 0 Å². The molecular formula is C20H14O. The van der Waals surface area contributed by atoms with Crippen LogP contribution in [0.4, 0.5) is 0 Å². The number of ether oxygens (including phenoxy) is 1. The topological polar surface area (TPSA) is 9.23 Å². The van der Waals surface area contributed by atoms with E-state index in [4.69, 9.17) is 4.74 Å². The van der Waals surface area contributed by atoms with Gasteiger partial charge in [-0.25, -0.2) is 0 Å². The van der Waals surface area contributed by atoms with Crippen molar-refractivity contribution in [1.82, 2.24) is 0 Å². The Hall–Kier alpha value is -2.54. The van der Waals surface area contributed by atoms with Gasteiger partial charge in [-0.05, 0) is 39.2 Å². The molecule has 1 aliphatic heterocycles. The zero-order chi connectivity index (χ0) is 13.8. The van der Waals surface area contributed by atoms with Crippen molar-refractivity contribution in [3.05, 3.63) is 66.2 Å². The summed E-state index contributed by atoms with van der Waals surface area (Å²) in [4.78, 5) is 0. The van der Waals surface area contributed by atoms with E-state index in [1.165, 1.54) is 37.9 Å². The average Bonchev–Trinajstić information content (AvgIpc) is 2.55. The van der Waals surface area contributed by atoms with Gasteiger partial charge in [0.2, 0.25) is 0 Å². The Morgan fingerprint density at radius 3 is 2.19 bits per heavy atom. The lowest BCUT2D eigenvalue weighted by Crippen LogP contribution is -2.09. The fourth-order valence-corrected chi connectivity index (χ4v) is 3.62. The van der Waals surface area contributed by atoms with Gasteiger partial charge < -0.3 is 4.74 Å². The van der Waals surface area contributed by atoms with Crippen LogP contribution in [0.3, 0.4) is 0 Å². The molecule has 1 nitrogen and oxygen atoms in total. The summed E-state index contributed by atoms with van der Waals surface area (Å²) < 4.78 is 6.06. The maximum Gasteiger partial charge on any atom is 0.135 e. The van der Waals surface area contributed by atoms with Gasteiger partial charge in [0.05, 0.1) is 6.61 Å². The molecule has 5 rings (SSSR count). The average molecular weight is 270 g/mol. The minimum absolute atomic E-state index is 0.768. The first kappa shape index (κ1) is 11.2. The molecule has 1 aliphatic rings. The monoisotopic (exact) mass is 270 g/mol. The third kappa shape index (κ3) is 1.46. The standard InChI is InChI=1S/C20H14O/c1-3-7-16-13(5-1)11-15-12-14-6-2-4-8-17(14)20-19(15)18(16)9-10-21-20/h1-8,11-12H,9-10H2. The van der Waals surface area contributed by atoms with E-state index in [0.717, 1.165) is 18.8 Å². The molecule has 0 atom stereocenters. The zero-order valence-electron chi connectivity index (χ0n) is 11.6. The van der Waals surface area contributed by atoms with Crippen LogP contribution in [0.25, 0.3) is 32.3 Å². The van der Waals surface area contributed by atoms with Crippen LogP contribution in [0.1, 0.15) is 5.56 Å². The third-order valence-corrected chi connectivity index (χ3v) is 4.53. The molecule has 0 spiro atoms. The lowest BCUT2D eigenvalue weighted by atomic mass is 9.91. The van der Waals surface area contributed by atoms with Crippen molar-refractivity contribution in [2.45, 2.75) is 6.42 Å². The molecule has 0 saturated heterocycles. The Bertz CT molecular complexity index is 936. The van der Waals surface area contributed by atoms with Crippen molar-refractivity contribution in [1.29, 1.82) is 0 Å². The van der Waals surface area contributed by atoms with Gasteiger partial charge in [0, 0.05) is 17.2 Å². The summed E-state index contributed by atoms with van der Waals surface area (Å²) in [6.07, 6.45) is 0.989. The Morgan fingerprint density at radius 1 is 0.714 bits per heavy atom. The molecule has 0 aromatic heterocycles. The number of hydrogen-bond acceptors (Lipinski definition) is 1. The summed E-state index contributed by atoms with van der Waals surface area (Å²) in [5.41, 5.74) is 1.44. The van der Waals surface area contributed by atoms with Crippen LogP contribution in [0.2, 0.25) is 0 Å². The Labute approximate surface area is 122 Å². The Morgan fingerprint density at radius 2 is 1.38 bits per heavy atom. The van der Waals surface area contributed by atoms with Crippen molar-refractivity contribution < 1.29 is 4.74 Å². The minimum Gasteiger partial charge on any atom is -0.492 e. The summed E-state index contributed by atoms with van der Waals surface area (Å²) in [5, 5.41) is 7.76. The minimum atomic E-state index is 0.768. The number of benzene rings is 4. The van der Waals surface area contributed by atoms with E-state index in [2.05, 4.69) is 60.7 Å². The van der Waals surface area contributed by atoms with Gasteiger partial charge in [-0.2, -0.15) is 0 Å². The van der Waals surface area contributed by atoms with Crippen molar-refractivity contribution in [3.63, 3.8) is 0 Å². The maximum absolute atomic E-state index is 6.06. The molecule has 0 unspecified atom stereocenters. The van der Waals surface area contributed by atoms with Gasteiger partial charge in [0.1, 0.15) is 5.75 Å². The number of fused-ring (bicyclic) bond motifs is 4. The summed E-state index contributed by atoms with van der Waals surface area (Å²) >= 11 is 0. The van der Waals surface area contributed by atoms with Gasteiger partial charge in [-0.3, -0.25) is 0 Å². The highest BCUT2D eigenvalue weighted by Crippen LogP contribution is 2.42. The first-order valence-electron chi connectivity index (χ1n) is 7.41. The first-order valence-corrected chi connectivity index (χ1v) is 7.41. The molecule has 0 amide bonds. The van der Waals surface area contributed by atoms with Crippen LogP contribution in [0.5, 0.6) is 5.75 Å². The van der Waals surface area contributed by atoms with E-state index in [-0.39, 0.29) is 0 Å². The smallest absolute Gasteiger partial charge is 0.135 e. The van der Waals surface area contributed by atoms with Crippen LogP contribution in [0, 0.1) is 0 Å². The summed E-state index contributed by atoms with van der Waals surface area (Å²) in [6.45, 7) is 0.768. The van der Waals surface area contributed by atoms with Crippen LogP contribution < -0.4 is 4.74 Å². The van der Waals surface area contributed by atoms with E-state index >= 15 is 0 Å². The highest BCUT2D eigenvalue weighted by molar-refractivity contribution is 6.12. The van der Waals surface area contributed by atoms with Crippen LogP contribution in [-0.4, -0.2) is 6.61 Å². The molecule has 4 aromatic rings. The summed E-state index contributed by atoms with van der Waals surface area (Å²) in [6, 6.07) is 21.8. The third-order valence-electron chi connectivity index (χ3n) is 4.53. The molecule has 4 aromatic carbocycles. The fraction of sp³-hybridized carbons (Fsp3) is 0.100. The van der Waals surface area contributed by atoms with Crippen molar-refractivity contribution in [2.24, 2.45) is 0 Å². The van der Waals surface area contributed by atoms with Crippen molar-refractivity contribution in [2.75, 3.05) is 6.61 Å². The molecule has 0 radical (unpaired) electrons. The molecule has 0 saturated carbocycles. The van der Waals surface area contributed by atoms with Crippen LogP contribution in [-0.2, 0) is 6.42 Å². The largest absolute Gasteiger partial charge is 0.492 e. The Balaban J connectivity index is 2.10. The van der Waals surface area contributed by atoms with Crippen LogP contribution >= 0.6 is 0 Å². The zero-order valence-corrected chi connectivity index (χ0v) is 11.6. The SMILES string of the molecule is c1ccc2c3c4c(c5ccccc5cc4cc2c1)OCC3. The van der Waals surface area contributed by atoms with E-state index in [1.807, 2.05) is 0 Å². The van der Waals surface area contributed by atoms with Crippen molar-refractivity contribution >= 4 is 32.3 Å². The second kappa shape index (κ2) is 3.98. The number of rotatable bonds is 0. The quantitative estimate of drug-likeness (QED) is 0.405. The lowest BCUT2D eigenvalue weighted by molar-refractivity contribution is 0.322. The Kier molecular flexibility index (Phi) is 2.12. The van der Waals surface area contributed by atoms with Gasteiger partial charge >= 0.3 is 0 Å². The van der Waals surface area contributed by atoms with E-state index < -0.39 is 0 Å². The second-order valence-corrected chi connectivity index (χ2v) is 5.70. The van der Waals surface area contributed by atoms with Crippen molar-refractivity contribution in [3.8, 4) is 5.75 Å². The van der Waals surface area contributed by atoms with Gasteiger partial charge in [-0.1, -0.05) is 48.5 Å². The lowest BCUT2D eigenvalue weighted by Gasteiger charge is -2.22. The maximum atomic E-state index is 6.06. The normalized spacial score (nSPS) is 13.7. The van der Waals surface area contributed by atoms with E-state index in [9.17, 15) is 0 Å². The first-order chi connectivity index (χ1) is 10.4. The van der Waals surface area contributed by atoms with E-state index in [0.29, 0.717) is 0 Å². The molecule has 1 heteroatoms. The molecule has 0 bridgehead atoms. The highest BCUT2D eigenvalue weighted by Gasteiger charge is 2.19. The number of hydrogen-bond donors (Lipinski definition) is 0. The molecule has 1 heterocycles. The summed E-state index contributed by atoms with van der Waals surface area (Å²) in [5.74, 6) is 1.06. The van der Waals surface area contributed by atoms with E-state index in [1.54, 1.807) is 0 Å². The summed E-state index contributed by atoms with van der Waals surface area (Å²) in [7, 11) is 0. The van der Waals surface area contributed by atoms with Gasteiger partial charge in [-0.15, -0.1) is 0 Å². The highest BCUT2D eigenvalue weighted by atomic mass is 16.5. The molecular weight excluding hydrogens is 256 g/mol. The van der Waals surface area contributed by atoms with Gasteiger partial charge in [0.25, 0.3) is 0 Å². The molecule has 0 N–H and O–H groups in total. The molecule has 21 heavy (non-hydrogen) atoms. The van der Waals surface area contributed by atoms with Crippen LogP contribution in [0.15, 0.2) is 60.7 Å². The molecule has 0 aliphatic carbocycles. The second-order valence-electron chi connectivity index (χ2n) is 5.70. The fourth-order valence-electron chi connectivity index (χ4n) is 3.62. The molecule has 100 valence electrons. The molecule has 0 fully saturated rings.